The number of anilines is 1. The molecule has 0 saturated carbocycles. The largest absolute Gasteiger partial charge is 0.478 e. The molecular weight excluding hydrogens is 334 g/mol. The van der Waals surface area contributed by atoms with Gasteiger partial charge in [0, 0.05) is 12.4 Å². The molecule has 0 aliphatic rings. The van der Waals surface area contributed by atoms with E-state index in [4.69, 9.17) is 5.11 Å². The SMILES string of the molecule is O=C(O)c1ccc(C(=O)Nc2cccn(Cc3ccccc3)c2=O)nc1. The molecule has 1 aromatic carbocycles. The van der Waals surface area contributed by atoms with Crippen LogP contribution < -0.4 is 10.9 Å². The third-order valence-electron chi connectivity index (χ3n) is 3.71. The summed E-state index contributed by atoms with van der Waals surface area (Å²) in [6, 6.07) is 15.2. The molecule has 0 saturated heterocycles. The second-order valence-electron chi connectivity index (χ2n) is 5.53. The highest BCUT2D eigenvalue weighted by Crippen LogP contribution is 2.06. The first kappa shape index (κ1) is 17.1. The minimum atomic E-state index is -1.13. The number of benzene rings is 1. The molecule has 0 aliphatic heterocycles. The van der Waals surface area contributed by atoms with Gasteiger partial charge < -0.3 is 15.0 Å². The van der Waals surface area contributed by atoms with Gasteiger partial charge in [-0.2, -0.15) is 0 Å². The molecule has 0 aliphatic carbocycles. The number of pyridine rings is 2. The molecule has 0 radical (unpaired) electrons. The zero-order valence-corrected chi connectivity index (χ0v) is 13.6. The van der Waals surface area contributed by atoms with Gasteiger partial charge in [-0.3, -0.25) is 14.6 Å². The summed E-state index contributed by atoms with van der Waals surface area (Å²) < 4.78 is 1.49. The van der Waals surface area contributed by atoms with Crippen molar-refractivity contribution in [3.05, 3.63) is 94.2 Å². The van der Waals surface area contributed by atoms with Crippen molar-refractivity contribution in [2.45, 2.75) is 6.54 Å². The van der Waals surface area contributed by atoms with Crippen molar-refractivity contribution in [3.63, 3.8) is 0 Å². The van der Waals surface area contributed by atoms with Crippen molar-refractivity contribution in [2.75, 3.05) is 5.32 Å². The molecule has 3 aromatic rings. The summed E-state index contributed by atoms with van der Waals surface area (Å²) in [5.41, 5.74) is 0.743. The lowest BCUT2D eigenvalue weighted by molar-refractivity contribution is 0.0696. The first-order valence-electron chi connectivity index (χ1n) is 7.78. The number of amides is 1. The Balaban J connectivity index is 1.79. The van der Waals surface area contributed by atoms with Crippen LogP contribution in [-0.4, -0.2) is 26.5 Å². The lowest BCUT2D eigenvalue weighted by atomic mass is 10.2. The van der Waals surface area contributed by atoms with E-state index in [0.717, 1.165) is 11.8 Å². The van der Waals surface area contributed by atoms with E-state index in [0.29, 0.717) is 6.54 Å². The third-order valence-corrected chi connectivity index (χ3v) is 3.71. The molecule has 26 heavy (non-hydrogen) atoms. The Morgan fingerprint density at radius 2 is 1.81 bits per heavy atom. The fraction of sp³-hybridized carbons (Fsp3) is 0.0526. The number of nitrogens with zero attached hydrogens (tertiary/aromatic N) is 2. The molecule has 0 spiro atoms. The van der Waals surface area contributed by atoms with Crippen molar-refractivity contribution in [2.24, 2.45) is 0 Å². The number of hydrogen-bond acceptors (Lipinski definition) is 4. The first-order valence-corrected chi connectivity index (χ1v) is 7.78. The lowest BCUT2D eigenvalue weighted by Gasteiger charge is -2.09. The molecule has 3 rings (SSSR count). The highest BCUT2D eigenvalue weighted by atomic mass is 16.4. The van der Waals surface area contributed by atoms with Crippen LogP contribution in [0, 0.1) is 0 Å². The molecule has 0 unspecified atom stereocenters. The monoisotopic (exact) mass is 349 g/mol. The van der Waals surface area contributed by atoms with Gasteiger partial charge in [0.05, 0.1) is 12.1 Å². The minimum absolute atomic E-state index is 0.0212. The normalized spacial score (nSPS) is 10.3. The molecule has 130 valence electrons. The van der Waals surface area contributed by atoms with E-state index < -0.39 is 11.9 Å². The van der Waals surface area contributed by atoms with Crippen molar-refractivity contribution in [1.82, 2.24) is 9.55 Å². The molecule has 1 amide bonds. The van der Waals surface area contributed by atoms with E-state index >= 15 is 0 Å². The first-order chi connectivity index (χ1) is 12.5. The van der Waals surface area contributed by atoms with Crippen LogP contribution in [0.15, 0.2) is 71.8 Å². The molecule has 2 heterocycles. The highest BCUT2D eigenvalue weighted by Gasteiger charge is 2.12. The van der Waals surface area contributed by atoms with E-state index in [1.54, 1.807) is 12.3 Å². The van der Waals surface area contributed by atoms with Crippen LogP contribution >= 0.6 is 0 Å². The van der Waals surface area contributed by atoms with Crippen molar-refractivity contribution >= 4 is 17.6 Å². The molecule has 0 fully saturated rings. The van der Waals surface area contributed by atoms with Crippen molar-refractivity contribution < 1.29 is 14.7 Å². The molecule has 0 bridgehead atoms. The average Bonchev–Trinajstić information content (AvgIpc) is 2.66. The van der Waals surface area contributed by atoms with E-state index in [1.165, 1.54) is 22.8 Å². The average molecular weight is 349 g/mol. The van der Waals surface area contributed by atoms with Crippen LogP contribution in [0.25, 0.3) is 0 Å². The Hall–Kier alpha value is -3.74. The predicted octanol–water partition coefficient (Wildman–Crippen LogP) is 2.24. The number of carbonyl (C=O) groups excluding carboxylic acids is 1. The summed E-state index contributed by atoms with van der Waals surface area (Å²) in [5, 5.41) is 11.4. The predicted molar refractivity (Wildman–Crippen MR) is 95.4 cm³/mol. The highest BCUT2D eigenvalue weighted by molar-refractivity contribution is 6.03. The van der Waals surface area contributed by atoms with Gasteiger partial charge in [0.1, 0.15) is 11.4 Å². The summed E-state index contributed by atoms with van der Waals surface area (Å²) >= 11 is 0. The maximum atomic E-state index is 12.5. The van der Waals surface area contributed by atoms with Crippen molar-refractivity contribution in [3.8, 4) is 0 Å². The number of carboxylic acids is 1. The molecule has 2 N–H and O–H groups in total. The van der Waals surface area contributed by atoms with Gasteiger partial charge in [0.25, 0.3) is 11.5 Å². The van der Waals surface area contributed by atoms with E-state index in [-0.39, 0.29) is 22.5 Å². The maximum Gasteiger partial charge on any atom is 0.337 e. The quantitative estimate of drug-likeness (QED) is 0.736. The Morgan fingerprint density at radius 1 is 1.04 bits per heavy atom. The van der Waals surface area contributed by atoms with Crippen molar-refractivity contribution in [1.29, 1.82) is 0 Å². The smallest absolute Gasteiger partial charge is 0.337 e. The lowest BCUT2D eigenvalue weighted by Crippen LogP contribution is -2.26. The van der Waals surface area contributed by atoms with E-state index in [9.17, 15) is 14.4 Å². The van der Waals surface area contributed by atoms with E-state index in [2.05, 4.69) is 10.3 Å². The number of rotatable bonds is 5. The number of hydrogen-bond donors (Lipinski definition) is 2. The Bertz CT molecular complexity index is 995. The zero-order chi connectivity index (χ0) is 18.5. The minimum Gasteiger partial charge on any atom is -0.478 e. The Labute approximate surface area is 148 Å². The second kappa shape index (κ2) is 7.43. The van der Waals surface area contributed by atoms with Crippen LogP contribution in [0.2, 0.25) is 0 Å². The number of aromatic nitrogens is 2. The van der Waals surface area contributed by atoms with Gasteiger partial charge in [-0.1, -0.05) is 30.3 Å². The van der Waals surface area contributed by atoms with Gasteiger partial charge >= 0.3 is 5.97 Å². The Kier molecular flexibility index (Phi) is 4.89. The number of carbonyl (C=O) groups is 2. The Morgan fingerprint density at radius 3 is 2.46 bits per heavy atom. The molecule has 7 nitrogen and oxygen atoms in total. The van der Waals surface area contributed by atoms with Crippen LogP contribution in [-0.2, 0) is 6.54 Å². The topological polar surface area (TPSA) is 101 Å². The second-order valence-corrected chi connectivity index (χ2v) is 5.53. The fourth-order valence-corrected chi connectivity index (χ4v) is 2.38. The van der Waals surface area contributed by atoms with Crippen LogP contribution in [0.4, 0.5) is 5.69 Å². The number of nitrogens with one attached hydrogen (secondary N) is 1. The number of carboxylic acid groups (broad SMARTS) is 1. The summed E-state index contributed by atoms with van der Waals surface area (Å²) in [7, 11) is 0. The summed E-state index contributed by atoms with van der Waals surface area (Å²) in [5.74, 6) is -1.71. The summed E-state index contributed by atoms with van der Waals surface area (Å²) in [6.07, 6.45) is 2.74. The van der Waals surface area contributed by atoms with Gasteiger partial charge in [0.15, 0.2) is 0 Å². The van der Waals surface area contributed by atoms with Gasteiger partial charge in [-0.15, -0.1) is 0 Å². The third kappa shape index (κ3) is 3.84. The van der Waals surface area contributed by atoms with Crippen LogP contribution in [0.5, 0.6) is 0 Å². The van der Waals surface area contributed by atoms with E-state index in [1.807, 2.05) is 30.3 Å². The zero-order valence-electron chi connectivity index (χ0n) is 13.6. The molecule has 7 heteroatoms. The maximum absolute atomic E-state index is 12.5. The van der Waals surface area contributed by atoms with Gasteiger partial charge in [-0.05, 0) is 29.8 Å². The van der Waals surface area contributed by atoms with Crippen LogP contribution in [0.1, 0.15) is 26.4 Å². The standard InChI is InChI=1S/C19H15N3O4/c23-17(15-9-8-14(11-20-15)19(25)26)21-16-7-4-10-22(18(16)24)12-13-5-2-1-3-6-13/h1-11H,12H2,(H,21,23)(H,25,26). The fourth-order valence-electron chi connectivity index (χ4n) is 2.38. The van der Waals surface area contributed by atoms with Crippen LogP contribution in [0.3, 0.4) is 0 Å². The summed E-state index contributed by atoms with van der Waals surface area (Å²) in [4.78, 5) is 39.4. The van der Waals surface area contributed by atoms with Gasteiger partial charge in [0.2, 0.25) is 0 Å². The number of aromatic carboxylic acids is 1. The van der Waals surface area contributed by atoms with Gasteiger partial charge in [-0.25, -0.2) is 4.79 Å². The molecular formula is C19H15N3O4. The molecule has 0 atom stereocenters. The summed E-state index contributed by atoms with van der Waals surface area (Å²) in [6.45, 7) is 0.384. The molecule has 2 aromatic heterocycles.